The van der Waals surface area contributed by atoms with Crippen LogP contribution in [0.3, 0.4) is 0 Å². The number of benzene rings is 3. The van der Waals surface area contributed by atoms with E-state index >= 15 is 0 Å². The number of carbonyl (C=O) groups excluding carboxylic acids is 2. The van der Waals surface area contributed by atoms with Gasteiger partial charge >= 0.3 is 37.8 Å². The Kier molecular flexibility index (Phi) is 64.0. The fourth-order valence-electron chi connectivity index (χ4n) is 11.8. The van der Waals surface area contributed by atoms with Gasteiger partial charge in [-0.05, 0) is 182 Å². The summed E-state index contributed by atoms with van der Waals surface area (Å²) in [6, 6.07) is 43.3. The Bertz CT molecular complexity index is 4810. The molecule has 12 aromatic rings. The Morgan fingerprint density at radius 2 is 0.705 bits per heavy atom. The van der Waals surface area contributed by atoms with Gasteiger partial charge in [0.05, 0.1) is 67.2 Å². The molecule has 0 saturated heterocycles. The van der Waals surface area contributed by atoms with E-state index in [1.54, 1.807) is 133 Å². The van der Waals surface area contributed by atoms with E-state index in [9.17, 15) is 42.0 Å². The van der Waals surface area contributed by atoms with E-state index in [4.69, 9.17) is 24.4 Å². The summed E-state index contributed by atoms with van der Waals surface area (Å²) in [6.45, 7) is 43.4. The number of pyridine rings is 3. The number of phosphoric acid groups is 1. The summed E-state index contributed by atoms with van der Waals surface area (Å²) in [5.74, 6) is 3.64. The number of aryl methyl sites for hydroxylation is 6. The predicted molar refractivity (Wildman–Crippen MR) is 541 cm³/mol. The van der Waals surface area contributed by atoms with Crippen molar-refractivity contribution >= 4 is 19.8 Å². The van der Waals surface area contributed by atoms with Crippen molar-refractivity contribution in [2.45, 2.75) is 275 Å². The monoisotopic (exact) mass is 1960 g/mol. The lowest BCUT2D eigenvalue weighted by Crippen LogP contribution is -2.36. The highest BCUT2D eigenvalue weighted by molar-refractivity contribution is 7.46. The van der Waals surface area contributed by atoms with Crippen molar-refractivity contribution in [1.29, 1.82) is 0 Å². The zero-order chi connectivity index (χ0) is 106. The largest absolute Gasteiger partial charge is 0.470 e. The highest BCUT2D eigenvalue weighted by Crippen LogP contribution is 2.41. The molecular formula is C100H159F3N23O12P. The molecule has 9 heterocycles. The van der Waals surface area contributed by atoms with Crippen LogP contribution in [0.25, 0.3) is 0 Å². The number of esters is 2. The normalized spacial score (nSPS) is 12.4. The van der Waals surface area contributed by atoms with Gasteiger partial charge in [-0.2, -0.15) is 23.4 Å². The third-order valence-corrected chi connectivity index (χ3v) is 20.3. The van der Waals surface area contributed by atoms with Crippen LogP contribution in [0.4, 0.5) is 13.2 Å². The summed E-state index contributed by atoms with van der Waals surface area (Å²) < 4.78 is 66.5. The summed E-state index contributed by atoms with van der Waals surface area (Å²) in [7, 11) is 11.3. The lowest BCUT2D eigenvalue weighted by Gasteiger charge is -2.23. The van der Waals surface area contributed by atoms with Crippen LogP contribution < -0.4 is 11.4 Å². The number of halogens is 3. The Morgan fingerprint density at radius 1 is 0.410 bits per heavy atom. The number of aromatic nitrogens is 21. The topological polar surface area (TPSA) is 407 Å². The number of aliphatic hydroxyl groups is 2. The molecule has 0 fully saturated rings. The maximum absolute atomic E-state index is 11.9. The molecule has 2 unspecified atom stereocenters. The van der Waals surface area contributed by atoms with Crippen LogP contribution in [0.1, 0.15) is 299 Å². The van der Waals surface area contributed by atoms with E-state index in [-0.39, 0.29) is 60.6 Å². The molecule has 0 aliphatic heterocycles. The standard InChI is InChI=1S/2C12H22N4O3.3C9H12.C8H15N3O.3C8H11N.C6H11N3.C5H10N3O4P.C5H9N3O.CHF3/c2*1-6-10(16-12(18)15(5)8-13-16)9(2)19-11(17)7-14(3)4;3*1-8(2)9-6-4-3-5-7-9;1-4-8(7(3)12)11-5-6(2)9-10-11;3*1-7(2)8-4-3-5-9-6-8;1-5(2)6-4-9(3)8-7-6;1-4(12-13(9,10)11)5-3-8(2)7-6-5;1-4(9)5-3-8(2)7-6-5;2-1(3)4/h2*8-10H,6-7H2,1-5H3;3*3-8H,1-2H3;5,7-8,12H,4H2,1-3H3;3*3-7H,1-2H3;4-5H,1-3H3;3-4H,1-2H3,(H2,9,10,11);3-4,9H,1-2H3;1H/t2*9-,10-;;;;7-,8+;;;;;;;/m00...1......./s1. The maximum atomic E-state index is 11.9. The Labute approximate surface area is 821 Å². The third-order valence-electron chi connectivity index (χ3n) is 19.8. The molecule has 4 N–H and O–H groups in total. The summed E-state index contributed by atoms with van der Waals surface area (Å²) in [5.41, 5.74) is 10.7. The van der Waals surface area contributed by atoms with Gasteiger partial charge in [0.25, 0.3) is 0 Å². The molecule has 0 aliphatic carbocycles. The summed E-state index contributed by atoms with van der Waals surface area (Å²) >= 11 is 0. The number of likely N-dealkylation sites (N-methyl/N-ethyl adjacent to an activating group) is 2. The second kappa shape index (κ2) is 69.9. The van der Waals surface area contributed by atoms with Gasteiger partial charge in [0.1, 0.15) is 42.4 Å². The predicted octanol–water partition coefficient (Wildman–Crippen LogP) is 18.0. The van der Waals surface area contributed by atoms with Gasteiger partial charge in [-0.1, -0.05) is 248 Å². The molecule has 12 rings (SSSR count). The molecule has 0 radical (unpaired) electrons. The number of alkyl halides is 3. The van der Waals surface area contributed by atoms with E-state index in [1.807, 2.05) is 102 Å². The quantitative estimate of drug-likeness (QED) is 0.0289. The molecule has 0 amide bonds. The number of hydrogen-bond acceptors (Lipinski definition) is 25. The van der Waals surface area contributed by atoms with E-state index in [0.717, 1.165) is 17.8 Å². The molecule has 39 heteroatoms. The molecular weight excluding hydrogens is 1800 g/mol. The van der Waals surface area contributed by atoms with Crippen molar-refractivity contribution in [3.05, 3.63) is 279 Å². The number of rotatable bonds is 26. The molecule has 9 aromatic heterocycles. The van der Waals surface area contributed by atoms with Gasteiger partial charge < -0.3 is 29.5 Å². The van der Waals surface area contributed by atoms with Crippen LogP contribution in [0.5, 0.6) is 0 Å². The van der Waals surface area contributed by atoms with Crippen molar-refractivity contribution in [3.63, 3.8) is 0 Å². The summed E-state index contributed by atoms with van der Waals surface area (Å²) in [4.78, 5) is 79.4. The fraction of sp³-hybridized carbons (Fsp3) is 0.530. The summed E-state index contributed by atoms with van der Waals surface area (Å²) in [6.07, 6.45) is 20.7. The van der Waals surface area contributed by atoms with Crippen LogP contribution in [-0.4, -0.2) is 212 Å². The number of aliphatic hydroxyl groups excluding tert-OH is 2. The molecule has 0 saturated carbocycles. The molecule has 0 bridgehead atoms. The Balaban J connectivity index is 0.00000150. The van der Waals surface area contributed by atoms with Gasteiger partial charge in [-0.25, -0.2) is 28.2 Å². The first-order chi connectivity index (χ1) is 65.2. The van der Waals surface area contributed by atoms with Gasteiger partial charge in [0.2, 0.25) is 0 Å². The zero-order valence-corrected chi connectivity index (χ0v) is 88.6. The molecule has 0 spiro atoms. The second-order valence-electron chi connectivity index (χ2n) is 35.1. The van der Waals surface area contributed by atoms with Crippen molar-refractivity contribution in [1.82, 2.24) is 113 Å². The highest BCUT2D eigenvalue weighted by Gasteiger charge is 2.27. The molecule has 8 atom stereocenters. The Hall–Kier alpha value is -11.8. The maximum Gasteiger partial charge on any atom is 0.470 e. The minimum atomic E-state index is -4.46. The molecule has 139 heavy (non-hydrogen) atoms. The van der Waals surface area contributed by atoms with E-state index in [0.29, 0.717) is 65.7 Å². The fourth-order valence-corrected chi connectivity index (χ4v) is 12.3. The first-order valence-electron chi connectivity index (χ1n) is 46.4. The van der Waals surface area contributed by atoms with E-state index in [1.165, 1.54) is 82.3 Å². The average molecular weight is 1960 g/mol. The number of hydrogen-bond donors (Lipinski definition) is 4. The molecule has 772 valence electrons. The SMILES string of the molecule is CC(C)c1ccccc1.CC(C)c1ccccc1.CC(C)c1ccccc1.CC(C)c1cccnc1.CC(C)c1cccnc1.CC(C)c1cccnc1.CC(C)c1cn(C)nn1.CC(O)c1cn(C)nn1.CC(OP(=O)(O)O)c1cn(C)nn1.CC[C@@H]([C@@H](C)O)n1cc(C)nn1.CC[C@@H]([C@H](C)OC(=O)CN(C)C)n1ncn(C)c1=O.CC[C@@H]([C@H](C)OC(=O)CN(C)C)n1ncn(C)c1=O.FC(F)F. The lowest BCUT2D eigenvalue weighted by molar-refractivity contribution is -0.152. The molecule has 0 aliphatic rings. The summed E-state index contributed by atoms with van der Waals surface area (Å²) in [5, 5.41) is 56.5. The van der Waals surface area contributed by atoms with Crippen molar-refractivity contribution in [2.75, 3.05) is 41.3 Å². The number of nitrogens with zero attached hydrogens (tertiary/aromatic N) is 23. The van der Waals surface area contributed by atoms with E-state index < -0.39 is 38.9 Å². The second-order valence-corrected chi connectivity index (χ2v) is 36.3. The number of ether oxygens (including phenoxy) is 2. The molecule has 3 aromatic carbocycles. The smallest absolute Gasteiger partial charge is 0.459 e. The first kappa shape index (κ1) is 127. The number of phosphoric ester groups is 1. The van der Waals surface area contributed by atoms with Crippen LogP contribution in [0, 0.1) is 6.92 Å². The van der Waals surface area contributed by atoms with Gasteiger partial charge in [-0.15, -0.1) is 20.4 Å². The van der Waals surface area contributed by atoms with Crippen LogP contribution in [-0.2, 0) is 63.4 Å². The minimum absolute atomic E-state index is 0.0474. The minimum Gasteiger partial charge on any atom is -0.459 e. The number of carbonyl (C=O) groups is 2. The highest BCUT2D eigenvalue weighted by atomic mass is 31.2. The van der Waals surface area contributed by atoms with E-state index in [2.05, 4.69) is 259 Å². The van der Waals surface area contributed by atoms with Crippen molar-refractivity contribution < 1.29 is 61.3 Å². The Morgan fingerprint density at radius 3 is 0.885 bits per heavy atom. The molecule has 35 nitrogen and oxygen atoms in total. The van der Waals surface area contributed by atoms with Crippen LogP contribution >= 0.6 is 7.82 Å². The van der Waals surface area contributed by atoms with Crippen LogP contribution in [0.15, 0.2) is 212 Å². The zero-order valence-electron chi connectivity index (χ0n) is 87.7. The first-order valence-corrected chi connectivity index (χ1v) is 48.0. The lowest BCUT2D eigenvalue weighted by atomic mass is 10.0. The van der Waals surface area contributed by atoms with Crippen LogP contribution in [0.2, 0.25) is 0 Å². The van der Waals surface area contributed by atoms with Crippen molar-refractivity contribution in [3.8, 4) is 0 Å². The van der Waals surface area contributed by atoms with Gasteiger partial charge in [0.15, 0.2) is 0 Å². The third kappa shape index (κ3) is 56.8. The van der Waals surface area contributed by atoms with Gasteiger partial charge in [-0.3, -0.25) is 62.0 Å². The van der Waals surface area contributed by atoms with Crippen molar-refractivity contribution in [2.24, 2.45) is 35.2 Å². The average Bonchev–Trinajstić information content (AvgIpc) is 1.70. The van der Waals surface area contributed by atoms with Gasteiger partial charge in [0, 0.05) is 84.8 Å².